The van der Waals surface area contributed by atoms with E-state index < -0.39 is 0 Å². The van der Waals surface area contributed by atoms with Crippen molar-refractivity contribution >= 4 is 12.4 Å². The molecule has 4 nitrogen and oxygen atoms in total. The van der Waals surface area contributed by atoms with Gasteiger partial charge in [-0.2, -0.15) is 0 Å². The molecule has 1 heterocycles. The molecule has 4 unspecified atom stereocenters. The number of rotatable bonds is 4. The maximum absolute atomic E-state index is 9.22. The molecule has 3 aliphatic rings. The molecule has 0 amide bonds. The van der Waals surface area contributed by atoms with Crippen molar-refractivity contribution in [2.75, 3.05) is 13.7 Å². The summed E-state index contributed by atoms with van der Waals surface area (Å²) in [5.74, 6) is 0.210. The molecule has 1 aliphatic heterocycles. The van der Waals surface area contributed by atoms with Crippen molar-refractivity contribution in [1.82, 2.24) is 5.32 Å². The molecular weight excluding hydrogens is 238 g/mol. The molecule has 100 valence electrons. The second-order valence-electron chi connectivity index (χ2n) is 5.46. The van der Waals surface area contributed by atoms with Crippen LogP contribution >= 0.6 is 0 Å². The average Bonchev–Trinajstić information content (AvgIpc) is 3.21. The van der Waals surface area contributed by atoms with Crippen molar-refractivity contribution in [2.45, 2.75) is 18.5 Å². The Morgan fingerprint density at radius 2 is 2.42 bits per heavy atom. The zero-order chi connectivity index (χ0) is 13.5. The van der Waals surface area contributed by atoms with E-state index in [1.165, 1.54) is 0 Å². The van der Waals surface area contributed by atoms with Gasteiger partial charge in [0.25, 0.3) is 0 Å². The van der Waals surface area contributed by atoms with Gasteiger partial charge in [-0.05, 0) is 24.6 Å². The van der Waals surface area contributed by atoms with E-state index in [4.69, 9.17) is 5.41 Å². The number of nitrogens with zero attached hydrogens (tertiary/aromatic N) is 1. The van der Waals surface area contributed by atoms with E-state index in [0.29, 0.717) is 6.04 Å². The van der Waals surface area contributed by atoms with Crippen LogP contribution in [-0.2, 0) is 0 Å². The quantitative estimate of drug-likeness (QED) is 0.660. The monoisotopic (exact) mass is 257 g/mol. The Balaban J connectivity index is 1.88. The fourth-order valence-corrected chi connectivity index (χ4v) is 3.05. The highest BCUT2D eigenvalue weighted by Crippen LogP contribution is 2.50. The molecule has 1 saturated carbocycles. The first-order valence-corrected chi connectivity index (χ1v) is 6.67. The number of aliphatic hydroxyl groups is 1. The van der Waals surface area contributed by atoms with Crippen molar-refractivity contribution in [3.8, 4) is 0 Å². The fourth-order valence-electron chi connectivity index (χ4n) is 3.05. The Kier molecular flexibility index (Phi) is 2.99. The predicted octanol–water partition coefficient (Wildman–Crippen LogP) is 1.10. The van der Waals surface area contributed by atoms with E-state index in [-0.39, 0.29) is 24.0 Å². The van der Waals surface area contributed by atoms with E-state index in [1.807, 2.05) is 25.4 Å². The molecular formula is C15H19N3O. The van der Waals surface area contributed by atoms with E-state index in [2.05, 4.69) is 22.5 Å². The third kappa shape index (κ3) is 1.91. The van der Waals surface area contributed by atoms with Gasteiger partial charge in [0.1, 0.15) is 0 Å². The van der Waals surface area contributed by atoms with Gasteiger partial charge in [0.15, 0.2) is 0 Å². The van der Waals surface area contributed by atoms with Crippen molar-refractivity contribution in [3.05, 3.63) is 35.5 Å². The Morgan fingerprint density at radius 1 is 1.58 bits per heavy atom. The summed E-state index contributed by atoms with van der Waals surface area (Å²) in [6, 6.07) is 0.494. The Hall–Kier alpha value is -1.52. The zero-order valence-corrected chi connectivity index (χ0v) is 11.0. The molecule has 0 aromatic heterocycles. The third-order valence-electron chi connectivity index (χ3n) is 4.40. The Morgan fingerprint density at radius 3 is 3.05 bits per heavy atom. The lowest BCUT2D eigenvalue weighted by Gasteiger charge is -2.26. The topological polar surface area (TPSA) is 68.5 Å². The average molecular weight is 257 g/mol. The Bertz CT molecular complexity index is 517. The first kappa shape index (κ1) is 12.5. The number of aliphatic imine (C=N–C) groups is 1. The predicted molar refractivity (Wildman–Crippen MR) is 76.8 cm³/mol. The molecule has 0 aromatic rings. The molecule has 0 aromatic carbocycles. The van der Waals surface area contributed by atoms with Crippen LogP contribution in [0.4, 0.5) is 0 Å². The highest BCUT2D eigenvalue weighted by molar-refractivity contribution is 5.92. The van der Waals surface area contributed by atoms with E-state index in [9.17, 15) is 5.11 Å². The van der Waals surface area contributed by atoms with Gasteiger partial charge < -0.3 is 15.8 Å². The van der Waals surface area contributed by atoms with Crippen molar-refractivity contribution in [2.24, 2.45) is 16.3 Å². The van der Waals surface area contributed by atoms with Gasteiger partial charge in [-0.1, -0.05) is 24.3 Å². The van der Waals surface area contributed by atoms with Crippen LogP contribution in [0.5, 0.6) is 0 Å². The lowest BCUT2D eigenvalue weighted by molar-refractivity contribution is 0.333. The third-order valence-corrected chi connectivity index (χ3v) is 4.40. The molecule has 4 atom stereocenters. The van der Waals surface area contributed by atoms with Crippen LogP contribution in [-0.4, -0.2) is 43.3 Å². The van der Waals surface area contributed by atoms with Gasteiger partial charge in [0.05, 0.1) is 12.6 Å². The number of nitrogens with one attached hydrogen (secondary N) is 2. The number of fused-ring (bicyclic) bond motifs is 1. The molecule has 1 fully saturated rings. The molecule has 19 heavy (non-hydrogen) atoms. The minimum Gasteiger partial charge on any atom is -0.392 e. The normalized spacial score (nSPS) is 39.4. The standard InChI is InChI=1S/C15H19N3O/c1-17-14-6-15(14,9-16)12-5-11-4-10(8-19)2-3-13(11)18-7-12/h2-5,7,9,11,13-14,16-17,19H,6,8H2,1H3. The first-order valence-electron chi connectivity index (χ1n) is 6.67. The summed E-state index contributed by atoms with van der Waals surface area (Å²) >= 11 is 0. The number of hydrogen-bond donors (Lipinski definition) is 3. The lowest BCUT2D eigenvalue weighted by Crippen LogP contribution is -2.27. The maximum atomic E-state index is 9.22. The van der Waals surface area contributed by atoms with Gasteiger partial charge in [-0.3, -0.25) is 4.99 Å². The molecule has 0 radical (unpaired) electrons. The van der Waals surface area contributed by atoms with Crippen LogP contribution in [0, 0.1) is 16.7 Å². The summed E-state index contributed by atoms with van der Waals surface area (Å²) in [5.41, 5.74) is 1.91. The minimum atomic E-state index is -0.169. The minimum absolute atomic E-state index is 0.0709. The van der Waals surface area contributed by atoms with Gasteiger partial charge in [0.2, 0.25) is 0 Å². The van der Waals surface area contributed by atoms with Crippen molar-refractivity contribution in [3.63, 3.8) is 0 Å². The fraction of sp³-hybridized carbons (Fsp3) is 0.467. The second kappa shape index (κ2) is 4.54. The molecule has 2 aliphatic carbocycles. The molecule has 0 saturated heterocycles. The summed E-state index contributed by atoms with van der Waals surface area (Å²) in [6.07, 6.45) is 12.7. The highest BCUT2D eigenvalue weighted by Gasteiger charge is 2.54. The lowest BCUT2D eigenvalue weighted by atomic mass is 9.84. The molecule has 0 spiro atoms. The van der Waals surface area contributed by atoms with Gasteiger partial charge in [-0.25, -0.2) is 0 Å². The van der Waals surface area contributed by atoms with Gasteiger partial charge >= 0.3 is 0 Å². The number of aliphatic hydroxyl groups excluding tert-OH is 1. The van der Waals surface area contributed by atoms with Crippen LogP contribution < -0.4 is 5.32 Å². The summed E-state index contributed by atoms with van der Waals surface area (Å²) in [4.78, 5) is 4.59. The SMILES string of the molecule is CNC1CC1(C=N)C1=CC2C=C(CO)C=CC2N=C1. The van der Waals surface area contributed by atoms with Crippen molar-refractivity contribution < 1.29 is 5.11 Å². The second-order valence-corrected chi connectivity index (χ2v) is 5.46. The van der Waals surface area contributed by atoms with E-state index in [1.54, 1.807) is 6.21 Å². The zero-order valence-electron chi connectivity index (χ0n) is 11.0. The van der Waals surface area contributed by atoms with Crippen LogP contribution in [0.25, 0.3) is 0 Å². The maximum Gasteiger partial charge on any atom is 0.0780 e. The largest absolute Gasteiger partial charge is 0.392 e. The van der Waals surface area contributed by atoms with Gasteiger partial charge in [0, 0.05) is 29.8 Å². The number of hydrogen-bond acceptors (Lipinski definition) is 4. The van der Waals surface area contributed by atoms with E-state index in [0.717, 1.165) is 17.6 Å². The van der Waals surface area contributed by atoms with Crippen molar-refractivity contribution in [1.29, 1.82) is 5.41 Å². The molecule has 3 rings (SSSR count). The summed E-state index contributed by atoms with van der Waals surface area (Å²) in [7, 11) is 1.94. The first-order chi connectivity index (χ1) is 9.23. The van der Waals surface area contributed by atoms with Crippen LogP contribution in [0.3, 0.4) is 0 Å². The number of dihydropyridines is 1. The van der Waals surface area contributed by atoms with Crippen LogP contribution in [0.2, 0.25) is 0 Å². The summed E-state index contributed by atoms with van der Waals surface area (Å²) < 4.78 is 0. The highest BCUT2D eigenvalue weighted by atomic mass is 16.3. The Labute approximate surface area is 113 Å². The molecule has 3 N–H and O–H groups in total. The van der Waals surface area contributed by atoms with Crippen LogP contribution in [0.1, 0.15) is 6.42 Å². The molecule has 0 bridgehead atoms. The van der Waals surface area contributed by atoms with Gasteiger partial charge in [-0.15, -0.1) is 0 Å². The van der Waals surface area contributed by atoms with E-state index >= 15 is 0 Å². The summed E-state index contributed by atoms with van der Waals surface area (Å²) in [6.45, 7) is 0.0709. The summed E-state index contributed by atoms with van der Waals surface area (Å²) in [5, 5.41) is 20.2. The smallest absolute Gasteiger partial charge is 0.0780 e. The van der Waals surface area contributed by atoms with Crippen LogP contribution in [0.15, 0.2) is 40.4 Å². The molecule has 4 heteroatoms.